The molecule has 0 saturated heterocycles. The first-order valence-electron chi connectivity index (χ1n) is 14.1. The summed E-state index contributed by atoms with van der Waals surface area (Å²) in [5.41, 5.74) is 3.10. The number of allylic oxidation sites excluding steroid dienone is 4. The maximum Gasteiger partial charge on any atom is 0.670 e. The lowest BCUT2D eigenvalue weighted by molar-refractivity contribution is 0.000292. The van der Waals surface area contributed by atoms with Gasteiger partial charge < -0.3 is 25.9 Å². The smallest absolute Gasteiger partial charge is 0.415 e. The van der Waals surface area contributed by atoms with Crippen molar-refractivity contribution >= 4 is 26.2 Å². The van der Waals surface area contributed by atoms with Gasteiger partial charge >= 0.3 is 26.2 Å². The average molecular weight is 545 g/mol. The first-order chi connectivity index (χ1) is 16.8. The molecule has 9 heteroatoms. The van der Waals surface area contributed by atoms with Crippen molar-refractivity contribution in [3.8, 4) is 0 Å². The van der Waals surface area contributed by atoms with Crippen LogP contribution < -0.4 is 0 Å². The second-order valence-corrected chi connectivity index (χ2v) is 19.2. The standard InChI is InChI=1S/C26H52O6Si3/c1-7-27-33(5,23-21-25-17-13-11-14-18-25)31-34(6,24-22-26-19-15-12-16-20-26)32-35(28-8-2,29-9-3)30-10-4/h17,19H,7-16,18,20-24H2,1-6H3. The van der Waals surface area contributed by atoms with Gasteiger partial charge in [0.1, 0.15) is 0 Å². The molecular weight excluding hydrogens is 493 g/mol. The molecule has 6 nitrogen and oxygen atoms in total. The minimum absolute atomic E-state index is 0.482. The third-order valence-corrected chi connectivity index (χ3v) is 18.1. The van der Waals surface area contributed by atoms with Gasteiger partial charge in [-0.05, 0) is 117 Å². The highest BCUT2D eigenvalue weighted by Crippen LogP contribution is 2.34. The van der Waals surface area contributed by atoms with Crippen LogP contribution in [0.2, 0.25) is 25.2 Å². The van der Waals surface area contributed by atoms with Gasteiger partial charge in [0.2, 0.25) is 0 Å². The Bertz CT molecular complexity index is 656. The molecule has 2 aliphatic rings. The van der Waals surface area contributed by atoms with Crippen LogP contribution in [0.1, 0.15) is 91.9 Å². The molecule has 0 aromatic rings. The van der Waals surface area contributed by atoms with Gasteiger partial charge in [-0.3, -0.25) is 0 Å². The Morgan fingerprint density at radius 1 is 0.600 bits per heavy atom. The molecule has 0 aromatic heterocycles. The summed E-state index contributed by atoms with van der Waals surface area (Å²) in [5.74, 6) is 0. The lowest BCUT2D eigenvalue weighted by Gasteiger charge is -2.41. The van der Waals surface area contributed by atoms with Crippen molar-refractivity contribution < 1.29 is 25.9 Å². The summed E-state index contributed by atoms with van der Waals surface area (Å²) in [6, 6.07) is 1.81. The highest BCUT2D eigenvalue weighted by atomic mass is 28.5. The fraction of sp³-hybridized carbons (Fsp3) is 0.846. The monoisotopic (exact) mass is 544 g/mol. The van der Waals surface area contributed by atoms with E-state index in [1.807, 2.05) is 20.8 Å². The Kier molecular flexibility index (Phi) is 14.2. The van der Waals surface area contributed by atoms with Crippen LogP contribution in [0.3, 0.4) is 0 Å². The van der Waals surface area contributed by atoms with Crippen molar-refractivity contribution in [1.82, 2.24) is 0 Å². The molecule has 0 bridgehead atoms. The van der Waals surface area contributed by atoms with E-state index in [-0.39, 0.29) is 0 Å². The van der Waals surface area contributed by atoms with E-state index in [1.165, 1.54) is 56.9 Å². The summed E-state index contributed by atoms with van der Waals surface area (Å²) in [6.07, 6.45) is 16.9. The zero-order chi connectivity index (χ0) is 25.6. The first-order valence-corrected chi connectivity index (χ1v) is 20.8. The van der Waals surface area contributed by atoms with Crippen molar-refractivity contribution in [3.63, 3.8) is 0 Å². The van der Waals surface area contributed by atoms with Gasteiger partial charge in [-0.25, -0.2) is 0 Å². The molecule has 204 valence electrons. The topological polar surface area (TPSA) is 55.4 Å². The van der Waals surface area contributed by atoms with E-state index in [2.05, 4.69) is 32.2 Å². The largest absolute Gasteiger partial charge is 0.670 e. The van der Waals surface area contributed by atoms with Crippen LogP contribution in [0.5, 0.6) is 0 Å². The van der Waals surface area contributed by atoms with E-state index < -0.39 is 26.2 Å². The van der Waals surface area contributed by atoms with Gasteiger partial charge in [-0.2, -0.15) is 0 Å². The molecule has 0 radical (unpaired) electrons. The van der Waals surface area contributed by atoms with E-state index in [0.717, 1.165) is 24.9 Å². The molecule has 0 fully saturated rings. The SMILES string of the molecule is CCO[Si](C)(CCC1=CCCCC1)O[Si](C)(CCC1=CCCCC1)O[Si](OCC)(OCC)OCC. The third kappa shape index (κ3) is 11.0. The number of hydrogen-bond donors (Lipinski definition) is 0. The van der Waals surface area contributed by atoms with Crippen molar-refractivity contribution in [2.45, 2.75) is 117 Å². The van der Waals surface area contributed by atoms with E-state index in [0.29, 0.717) is 26.4 Å². The zero-order valence-corrected chi connectivity index (χ0v) is 26.4. The molecule has 0 amide bonds. The Hall–Kier alpha value is -0.109. The summed E-state index contributed by atoms with van der Waals surface area (Å²) in [4.78, 5) is 0. The average Bonchev–Trinajstić information content (AvgIpc) is 2.83. The summed E-state index contributed by atoms with van der Waals surface area (Å²) >= 11 is 0. The lowest BCUT2D eigenvalue weighted by atomic mass is 9.98. The van der Waals surface area contributed by atoms with Crippen LogP contribution >= 0.6 is 0 Å². The van der Waals surface area contributed by atoms with Crippen molar-refractivity contribution in [3.05, 3.63) is 23.3 Å². The zero-order valence-electron chi connectivity index (χ0n) is 23.4. The molecule has 2 atom stereocenters. The molecular formula is C26H52O6Si3. The molecule has 0 heterocycles. The van der Waals surface area contributed by atoms with Gasteiger partial charge in [0.25, 0.3) is 0 Å². The predicted octanol–water partition coefficient (Wildman–Crippen LogP) is 7.53. The molecule has 0 aromatic carbocycles. The van der Waals surface area contributed by atoms with Crippen molar-refractivity contribution in [2.75, 3.05) is 26.4 Å². The van der Waals surface area contributed by atoms with Gasteiger partial charge in [0.05, 0.1) is 0 Å². The molecule has 2 unspecified atom stereocenters. The van der Waals surface area contributed by atoms with E-state index >= 15 is 0 Å². The van der Waals surface area contributed by atoms with Crippen molar-refractivity contribution in [1.29, 1.82) is 0 Å². The fourth-order valence-electron chi connectivity index (χ4n) is 5.08. The lowest BCUT2D eigenvalue weighted by Crippen LogP contribution is -2.61. The Labute approximate surface area is 218 Å². The van der Waals surface area contributed by atoms with Gasteiger partial charge in [-0.1, -0.05) is 23.3 Å². The Balaban J connectivity index is 2.27. The molecule has 0 spiro atoms. The summed E-state index contributed by atoms with van der Waals surface area (Å²) in [6.45, 7) is 14.5. The van der Waals surface area contributed by atoms with Gasteiger partial charge in [0, 0.05) is 26.4 Å². The van der Waals surface area contributed by atoms with Gasteiger partial charge in [-0.15, -0.1) is 0 Å². The van der Waals surface area contributed by atoms with Crippen LogP contribution in [0.25, 0.3) is 0 Å². The molecule has 0 N–H and O–H groups in total. The van der Waals surface area contributed by atoms with Crippen LogP contribution in [0, 0.1) is 0 Å². The fourth-order valence-corrected chi connectivity index (χ4v) is 17.2. The minimum Gasteiger partial charge on any atom is -0.415 e. The maximum atomic E-state index is 7.12. The summed E-state index contributed by atoms with van der Waals surface area (Å²) in [5, 5.41) is 0. The van der Waals surface area contributed by atoms with Crippen LogP contribution in [0.15, 0.2) is 23.3 Å². The summed E-state index contributed by atoms with van der Waals surface area (Å²) < 4.78 is 38.7. The van der Waals surface area contributed by atoms with E-state index in [9.17, 15) is 0 Å². The quantitative estimate of drug-likeness (QED) is 0.131. The highest BCUT2D eigenvalue weighted by molar-refractivity contribution is 6.83. The van der Waals surface area contributed by atoms with Crippen molar-refractivity contribution in [2.24, 2.45) is 0 Å². The van der Waals surface area contributed by atoms with E-state index in [1.54, 1.807) is 5.57 Å². The predicted molar refractivity (Wildman–Crippen MR) is 150 cm³/mol. The molecule has 0 aliphatic heterocycles. The number of rotatable bonds is 18. The minimum atomic E-state index is -3.32. The highest BCUT2D eigenvalue weighted by Gasteiger charge is 2.54. The second kappa shape index (κ2) is 16.0. The normalized spacial score (nSPS) is 20.6. The third-order valence-electron chi connectivity index (χ3n) is 6.76. The van der Waals surface area contributed by atoms with Crippen LogP contribution in [-0.2, 0) is 25.9 Å². The Morgan fingerprint density at radius 3 is 1.46 bits per heavy atom. The first kappa shape index (κ1) is 31.1. The maximum absolute atomic E-state index is 7.12. The molecule has 2 rings (SSSR count). The molecule has 2 aliphatic carbocycles. The van der Waals surface area contributed by atoms with E-state index in [4.69, 9.17) is 25.9 Å². The Morgan fingerprint density at radius 2 is 1.06 bits per heavy atom. The summed E-state index contributed by atoms with van der Waals surface area (Å²) in [7, 11) is -8.59. The van der Waals surface area contributed by atoms with Gasteiger partial charge in [0.15, 0.2) is 0 Å². The number of hydrogen-bond acceptors (Lipinski definition) is 6. The van der Waals surface area contributed by atoms with Crippen LogP contribution in [0.4, 0.5) is 0 Å². The molecule has 35 heavy (non-hydrogen) atoms. The van der Waals surface area contributed by atoms with Crippen LogP contribution in [-0.4, -0.2) is 52.6 Å². The second-order valence-electron chi connectivity index (χ2n) is 9.92. The molecule has 0 saturated carbocycles.